The van der Waals surface area contributed by atoms with E-state index in [0.29, 0.717) is 5.57 Å². The molecular weight excluding hydrogens is 258 g/mol. The molecular formula is C14H11N3OS. The molecule has 0 aliphatic heterocycles. The molecule has 19 heavy (non-hydrogen) atoms. The van der Waals surface area contributed by atoms with Gasteiger partial charge in [-0.15, -0.1) is 11.3 Å². The van der Waals surface area contributed by atoms with Gasteiger partial charge < -0.3 is 10.7 Å². The Bertz CT molecular complexity index is 756. The van der Waals surface area contributed by atoms with E-state index in [-0.39, 0.29) is 0 Å². The van der Waals surface area contributed by atoms with Crippen LogP contribution in [-0.4, -0.2) is 15.9 Å². The highest BCUT2D eigenvalue weighted by atomic mass is 32.1. The van der Waals surface area contributed by atoms with Crippen molar-refractivity contribution < 1.29 is 4.79 Å². The molecule has 0 aromatic carbocycles. The molecule has 0 saturated carbocycles. The molecule has 3 N–H and O–H groups in total. The molecule has 0 saturated heterocycles. The second-order valence-corrected chi connectivity index (χ2v) is 4.99. The van der Waals surface area contributed by atoms with E-state index in [0.717, 1.165) is 21.5 Å². The number of nitrogens with zero attached hydrogens (tertiary/aromatic N) is 1. The zero-order valence-corrected chi connectivity index (χ0v) is 10.8. The Morgan fingerprint density at radius 3 is 3.00 bits per heavy atom. The van der Waals surface area contributed by atoms with Crippen LogP contribution in [0, 0.1) is 0 Å². The summed E-state index contributed by atoms with van der Waals surface area (Å²) in [5.74, 6) is -0.430. The summed E-state index contributed by atoms with van der Waals surface area (Å²) in [5.41, 5.74) is 7.68. The third kappa shape index (κ3) is 2.15. The molecule has 0 unspecified atom stereocenters. The summed E-state index contributed by atoms with van der Waals surface area (Å²) in [4.78, 5) is 19.8. The number of fused-ring (bicyclic) bond motifs is 1. The zero-order valence-electron chi connectivity index (χ0n) is 9.96. The number of amides is 1. The number of nitrogens with one attached hydrogen (secondary N) is 1. The van der Waals surface area contributed by atoms with E-state index in [4.69, 9.17) is 5.73 Å². The average Bonchev–Trinajstić information content (AvgIpc) is 3.05. The van der Waals surface area contributed by atoms with Gasteiger partial charge in [0.15, 0.2) is 0 Å². The molecule has 0 radical (unpaired) electrons. The average molecular weight is 269 g/mol. The van der Waals surface area contributed by atoms with Crippen LogP contribution in [0.2, 0.25) is 0 Å². The van der Waals surface area contributed by atoms with Crippen LogP contribution < -0.4 is 5.73 Å². The minimum absolute atomic E-state index is 0.430. The van der Waals surface area contributed by atoms with Gasteiger partial charge in [-0.1, -0.05) is 6.07 Å². The maximum Gasteiger partial charge on any atom is 0.250 e. The van der Waals surface area contributed by atoms with Gasteiger partial charge in [0.1, 0.15) is 5.65 Å². The monoisotopic (exact) mass is 269 g/mol. The van der Waals surface area contributed by atoms with E-state index in [1.165, 1.54) is 11.3 Å². The Labute approximate surface area is 113 Å². The Hall–Kier alpha value is -2.40. The summed E-state index contributed by atoms with van der Waals surface area (Å²) in [5, 5.41) is 2.89. The zero-order chi connectivity index (χ0) is 13.2. The second-order valence-electron chi connectivity index (χ2n) is 4.04. The Balaban J connectivity index is 2.15. The topological polar surface area (TPSA) is 71.8 Å². The van der Waals surface area contributed by atoms with E-state index in [1.54, 1.807) is 12.3 Å². The molecule has 0 atom stereocenters. The molecule has 1 amide bonds. The lowest BCUT2D eigenvalue weighted by atomic mass is 10.1. The minimum Gasteiger partial charge on any atom is -0.366 e. The van der Waals surface area contributed by atoms with Crippen molar-refractivity contribution in [2.75, 3.05) is 0 Å². The first-order chi connectivity index (χ1) is 9.25. The summed E-state index contributed by atoms with van der Waals surface area (Å²) in [6.07, 6.45) is 5.35. The SMILES string of the molecule is NC(=O)/C(=C/c1c[nH]c2ncccc12)c1cccs1. The van der Waals surface area contributed by atoms with Crippen molar-refractivity contribution in [2.24, 2.45) is 5.73 Å². The van der Waals surface area contributed by atoms with Gasteiger partial charge in [0.25, 0.3) is 0 Å². The maximum atomic E-state index is 11.6. The van der Waals surface area contributed by atoms with E-state index < -0.39 is 5.91 Å². The molecule has 0 bridgehead atoms. The van der Waals surface area contributed by atoms with Crippen LogP contribution in [-0.2, 0) is 4.79 Å². The summed E-state index contributed by atoms with van der Waals surface area (Å²) in [6.45, 7) is 0. The van der Waals surface area contributed by atoms with Gasteiger partial charge in [-0.2, -0.15) is 0 Å². The summed E-state index contributed by atoms with van der Waals surface area (Å²) < 4.78 is 0. The number of nitrogens with two attached hydrogens (primary N) is 1. The summed E-state index contributed by atoms with van der Waals surface area (Å²) >= 11 is 1.49. The number of pyridine rings is 1. The third-order valence-corrected chi connectivity index (χ3v) is 3.74. The third-order valence-electron chi connectivity index (χ3n) is 2.84. The van der Waals surface area contributed by atoms with Gasteiger partial charge in [-0.05, 0) is 29.7 Å². The largest absolute Gasteiger partial charge is 0.366 e. The summed E-state index contributed by atoms with van der Waals surface area (Å²) in [7, 11) is 0. The minimum atomic E-state index is -0.430. The lowest BCUT2D eigenvalue weighted by Crippen LogP contribution is -2.11. The van der Waals surface area contributed by atoms with Crippen LogP contribution >= 0.6 is 11.3 Å². The quantitative estimate of drug-likeness (QED) is 0.717. The summed E-state index contributed by atoms with van der Waals surface area (Å²) in [6, 6.07) is 7.60. The van der Waals surface area contributed by atoms with Gasteiger partial charge in [-0.3, -0.25) is 4.79 Å². The fourth-order valence-electron chi connectivity index (χ4n) is 1.95. The smallest absolute Gasteiger partial charge is 0.250 e. The lowest BCUT2D eigenvalue weighted by Gasteiger charge is -1.99. The second kappa shape index (κ2) is 4.70. The highest BCUT2D eigenvalue weighted by Crippen LogP contribution is 2.25. The Kier molecular flexibility index (Phi) is 2.89. The fourth-order valence-corrected chi connectivity index (χ4v) is 2.69. The van der Waals surface area contributed by atoms with Crippen LogP contribution in [0.3, 0.4) is 0 Å². The first-order valence-electron chi connectivity index (χ1n) is 5.73. The molecule has 0 spiro atoms. The van der Waals surface area contributed by atoms with E-state index in [9.17, 15) is 4.79 Å². The number of aromatic amines is 1. The number of hydrogen-bond acceptors (Lipinski definition) is 3. The van der Waals surface area contributed by atoms with Crippen molar-refractivity contribution in [3.63, 3.8) is 0 Å². The number of H-pyrrole nitrogens is 1. The van der Waals surface area contributed by atoms with Crippen molar-refractivity contribution in [3.05, 3.63) is 52.5 Å². The molecule has 3 aromatic rings. The van der Waals surface area contributed by atoms with Gasteiger partial charge in [0.2, 0.25) is 5.91 Å². The van der Waals surface area contributed by atoms with Crippen molar-refractivity contribution in [1.29, 1.82) is 0 Å². The molecule has 3 rings (SSSR count). The Morgan fingerprint density at radius 1 is 1.37 bits per heavy atom. The molecule has 5 heteroatoms. The molecule has 3 heterocycles. The van der Waals surface area contributed by atoms with Crippen LogP contribution in [0.1, 0.15) is 10.4 Å². The predicted octanol–water partition coefficient (Wildman–Crippen LogP) is 2.65. The molecule has 94 valence electrons. The Morgan fingerprint density at radius 2 is 2.26 bits per heavy atom. The van der Waals surface area contributed by atoms with Crippen molar-refractivity contribution >= 4 is 39.9 Å². The highest BCUT2D eigenvalue weighted by molar-refractivity contribution is 7.11. The molecule has 0 aliphatic carbocycles. The van der Waals surface area contributed by atoms with Gasteiger partial charge in [-0.25, -0.2) is 4.98 Å². The van der Waals surface area contributed by atoms with Gasteiger partial charge in [0, 0.05) is 28.2 Å². The number of primary amides is 1. The molecule has 4 nitrogen and oxygen atoms in total. The lowest BCUT2D eigenvalue weighted by molar-refractivity contribution is -0.112. The van der Waals surface area contributed by atoms with E-state index in [1.807, 2.05) is 35.8 Å². The van der Waals surface area contributed by atoms with Crippen molar-refractivity contribution in [1.82, 2.24) is 9.97 Å². The predicted molar refractivity (Wildman–Crippen MR) is 77.5 cm³/mol. The molecule has 3 aromatic heterocycles. The standard InChI is InChI=1S/C14H11N3OS/c15-13(18)11(12-4-2-6-19-12)7-9-8-17-14-10(9)3-1-5-16-14/h1-8H,(H2,15,18)(H,16,17)/b11-7+. The number of aromatic nitrogens is 2. The van der Waals surface area contributed by atoms with Gasteiger partial charge >= 0.3 is 0 Å². The normalized spacial score (nSPS) is 11.9. The first-order valence-corrected chi connectivity index (χ1v) is 6.61. The van der Waals surface area contributed by atoms with E-state index in [2.05, 4.69) is 9.97 Å². The number of thiophene rings is 1. The van der Waals surface area contributed by atoms with Crippen LogP contribution in [0.15, 0.2) is 42.0 Å². The fraction of sp³-hybridized carbons (Fsp3) is 0. The highest BCUT2D eigenvalue weighted by Gasteiger charge is 2.11. The molecule has 0 fully saturated rings. The van der Waals surface area contributed by atoms with E-state index >= 15 is 0 Å². The van der Waals surface area contributed by atoms with Crippen LogP contribution in [0.25, 0.3) is 22.7 Å². The molecule has 0 aliphatic rings. The van der Waals surface area contributed by atoms with Crippen LogP contribution in [0.4, 0.5) is 0 Å². The first kappa shape index (κ1) is 11.7. The number of carbonyl (C=O) groups is 1. The van der Waals surface area contributed by atoms with Crippen LogP contribution in [0.5, 0.6) is 0 Å². The van der Waals surface area contributed by atoms with Crippen molar-refractivity contribution in [2.45, 2.75) is 0 Å². The number of hydrogen-bond donors (Lipinski definition) is 2. The maximum absolute atomic E-state index is 11.6. The van der Waals surface area contributed by atoms with Crippen molar-refractivity contribution in [3.8, 4) is 0 Å². The number of carbonyl (C=O) groups excluding carboxylic acids is 1. The van der Waals surface area contributed by atoms with Gasteiger partial charge in [0.05, 0.1) is 5.57 Å². The number of rotatable bonds is 3.